The highest BCUT2D eigenvalue weighted by atomic mass is 32.1. The summed E-state index contributed by atoms with van der Waals surface area (Å²) < 4.78 is 6.49. The van der Waals surface area contributed by atoms with E-state index in [2.05, 4.69) is 10.3 Å². The number of thiophene rings is 1. The third-order valence-electron chi connectivity index (χ3n) is 3.92. The summed E-state index contributed by atoms with van der Waals surface area (Å²) in [6.07, 6.45) is 0.896. The van der Waals surface area contributed by atoms with Crippen LogP contribution in [0.25, 0.3) is 10.1 Å². The second kappa shape index (κ2) is 5.27. The zero-order chi connectivity index (χ0) is 15.1. The van der Waals surface area contributed by atoms with Gasteiger partial charge in [-0.05, 0) is 33.3 Å². The predicted molar refractivity (Wildman–Crippen MR) is 84.8 cm³/mol. The van der Waals surface area contributed by atoms with Crippen LogP contribution in [0.15, 0.2) is 6.07 Å². The first kappa shape index (κ1) is 14.3. The van der Waals surface area contributed by atoms with E-state index in [-0.39, 0.29) is 18.1 Å². The van der Waals surface area contributed by atoms with Crippen LogP contribution >= 0.6 is 11.3 Å². The van der Waals surface area contributed by atoms with Crippen LogP contribution in [0.1, 0.15) is 34.4 Å². The molecule has 5 nitrogen and oxygen atoms in total. The number of nitrogens with zero attached hydrogens (tertiary/aromatic N) is 1. The molecule has 0 saturated carbocycles. The number of nitrogens with two attached hydrogens (primary N) is 1. The molecule has 1 aliphatic rings. The summed E-state index contributed by atoms with van der Waals surface area (Å²) >= 11 is 1.43. The summed E-state index contributed by atoms with van der Waals surface area (Å²) in [5.41, 5.74) is 8.52. The Hall–Kier alpha value is -1.66. The second-order valence-corrected chi connectivity index (χ2v) is 6.56. The monoisotopic (exact) mass is 305 g/mol. The largest absolute Gasteiger partial charge is 0.397 e. The van der Waals surface area contributed by atoms with Crippen molar-refractivity contribution in [1.82, 2.24) is 10.3 Å². The number of hydrogen-bond donors (Lipinski definition) is 2. The predicted octanol–water partition coefficient (Wildman–Crippen LogP) is 2.40. The summed E-state index contributed by atoms with van der Waals surface area (Å²) in [7, 11) is 0. The molecule has 6 heteroatoms. The molecular weight excluding hydrogens is 286 g/mol. The van der Waals surface area contributed by atoms with E-state index in [9.17, 15) is 4.79 Å². The van der Waals surface area contributed by atoms with Gasteiger partial charge in [0.15, 0.2) is 0 Å². The van der Waals surface area contributed by atoms with Gasteiger partial charge in [-0.15, -0.1) is 11.3 Å². The van der Waals surface area contributed by atoms with E-state index in [4.69, 9.17) is 10.5 Å². The Morgan fingerprint density at radius 3 is 2.95 bits per heavy atom. The summed E-state index contributed by atoms with van der Waals surface area (Å²) in [6, 6.07) is 2.03. The summed E-state index contributed by atoms with van der Waals surface area (Å²) in [4.78, 5) is 17.5. The van der Waals surface area contributed by atoms with Crippen molar-refractivity contribution in [3.63, 3.8) is 0 Å². The number of carbonyl (C=O) groups excluding carboxylic acids is 1. The number of nitrogen functional groups attached to an aromatic ring is 1. The average Bonchev–Trinajstić information content (AvgIpc) is 2.94. The Morgan fingerprint density at radius 1 is 1.52 bits per heavy atom. The fourth-order valence-electron chi connectivity index (χ4n) is 2.80. The van der Waals surface area contributed by atoms with Crippen LogP contribution in [0, 0.1) is 13.8 Å². The lowest BCUT2D eigenvalue weighted by Crippen LogP contribution is -2.39. The molecule has 112 valence electrons. The number of pyridine rings is 1. The lowest BCUT2D eigenvalue weighted by Gasteiger charge is -2.15. The number of fused-ring (bicyclic) bond motifs is 1. The standard InChI is InChI=1S/C15H19N3O2S/c1-7-6-11-12(8(2)17-7)13(16)14(21-11)15(19)18-10-4-5-20-9(10)3/h6,9-10H,4-5,16H2,1-3H3,(H,18,19). The van der Waals surface area contributed by atoms with Crippen molar-refractivity contribution < 1.29 is 9.53 Å². The molecule has 2 aromatic rings. The van der Waals surface area contributed by atoms with E-state index in [0.29, 0.717) is 17.2 Å². The van der Waals surface area contributed by atoms with Crippen LogP contribution in [-0.2, 0) is 4.74 Å². The van der Waals surface area contributed by atoms with Gasteiger partial charge in [-0.25, -0.2) is 0 Å². The summed E-state index contributed by atoms with van der Waals surface area (Å²) in [5, 5.41) is 3.92. The highest BCUT2D eigenvalue weighted by molar-refractivity contribution is 7.21. The Bertz CT molecular complexity index is 710. The molecule has 1 fully saturated rings. The molecule has 0 aromatic carbocycles. The summed E-state index contributed by atoms with van der Waals surface area (Å²) in [6.45, 7) is 6.53. The Balaban J connectivity index is 1.95. The number of carbonyl (C=O) groups is 1. The van der Waals surface area contributed by atoms with Gasteiger partial charge in [-0.2, -0.15) is 0 Å². The van der Waals surface area contributed by atoms with Gasteiger partial charge in [-0.1, -0.05) is 0 Å². The number of amides is 1. The minimum Gasteiger partial charge on any atom is -0.397 e. The topological polar surface area (TPSA) is 77.2 Å². The van der Waals surface area contributed by atoms with Gasteiger partial charge in [0.1, 0.15) is 4.88 Å². The number of rotatable bonds is 2. The molecule has 2 unspecified atom stereocenters. The number of aryl methyl sites for hydroxylation is 2. The molecule has 0 aliphatic carbocycles. The SMILES string of the molecule is Cc1cc2sc(C(=O)NC3CCOC3C)c(N)c2c(C)n1. The van der Waals surface area contributed by atoms with Crippen LogP contribution < -0.4 is 11.1 Å². The molecule has 2 aromatic heterocycles. The molecule has 3 N–H and O–H groups in total. The van der Waals surface area contributed by atoms with E-state index in [1.165, 1.54) is 11.3 Å². The average molecular weight is 305 g/mol. The van der Waals surface area contributed by atoms with Crippen molar-refractivity contribution in [3.05, 3.63) is 22.3 Å². The fraction of sp³-hybridized carbons (Fsp3) is 0.467. The van der Waals surface area contributed by atoms with Gasteiger partial charge in [0.25, 0.3) is 5.91 Å². The van der Waals surface area contributed by atoms with E-state index in [1.807, 2.05) is 26.8 Å². The lowest BCUT2D eigenvalue weighted by atomic mass is 10.1. The van der Waals surface area contributed by atoms with Crippen LogP contribution in [0.3, 0.4) is 0 Å². The van der Waals surface area contributed by atoms with Crippen molar-refractivity contribution in [2.75, 3.05) is 12.3 Å². The fourth-order valence-corrected chi connectivity index (χ4v) is 3.98. The molecule has 1 amide bonds. The van der Waals surface area contributed by atoms with Crippen molar-refractivity contribution in [2.45, 2.75) is 39.3 Å². The molecule has 0 bridgehead atoms. The first-order valence-corrected chi connectivity index (χ1v) is 7.87. The first-order chi connectivity index (χ1) is 9.97. The van der Waals surface area contributed by atoms with Crippen molar-refractivity contribution in [3.8, 4) is 0 Å². The second-order valence-electron chi connectivity index (χ2n) is 5.51. The maximum atomic E-state index is 12.5. The van der Waals surface area contributed by atoms with Gasteiger partial charge in [-0.3, -0.25) is 9.78 Å². The molecule has 0 spiro atoms. The van der Waals surface area contributed by atoms with Crippen LogP contribution in [0.2, 0.25) is 0 Å². The van der Waals surface area contributed by atoms with Crippen LogP contribution in [-0.4, -0.2) is 29.6 Å². The highest BCUT2D eigenvalue weighted by Gasteiger charge is 2.27. The molecule has 21 heavy (non-hydrogen) atoms. The molecule has 2 atom stereocenters. The van der Waals surface area contributed by atoms with E-state index >= 15 is 0 Å². The summed E-state index contributed by atoms with van der Waals surface area (Å²) in [5.74, 6) is -0.117. The zero-order valence-electron chi connectivity index (χ0n) is 12.4. The molecule has 1 saturated heterocycles. The van der Waals surface area contributed by atoms with Crippen LogP contribution in [0.5, 0.6) is 0 Å². The number of nitrogens with one attached hydrogen (secondary N) is 1. The van der Waals surface area contributed by atoms with Crippen molar-refractivity contribution in [2.24, 2.45) is 0 Å². The van der Waals surface area contributed by atoms with Gasteiger partial charge in [0, 0.05) is 28.1 Å². The van der Waals surface area contributed by atoms with Crippen molar-refractivity contribution in [1.29, 1.82) is 0 Å². The van der Waals surface area contributed by atoms with Gasteiger partial charge in [0.05, 0.1) is 17.8 Å². The maximum Gasteiger partial charge on any atom is 0.263 e. The van der Waals surface area contributed by atoms with Gasteiger partial charge < -0.3 is 15.8 Å². The number of ether oxygens (including phenoxy) is 1. The molecule has 3 rings (SSSR count). The quantitative estimate of drug-likeness (QED) is 0.893. The third kappa shape index (κ3) is 2.49. The zero-order valence-corrected chi connectivity index (χ0v) is 13.2. The maximum absolute atomic E-state index is 12.5. The van der Waals surface area contributed by atoms with Gasteiger partial charge >= 0.3 is 0 Å². The van der Waals surface area contributed by atoms with E-state index in [0.717, 1.165) is 27.9 Å². The minimum absolute atomic E-state index is 0.0511. The Morgan fingerprint density at radius 2 is 2.29 bits per heavy atom. The molecule has 0 radical (unpaired) electrons. The Kier molecular flexibility index (Phi) is 3.59. The number of aromatic nitrogens is 1. The first-order valence-electron chi connectivity index (χ1n) is 7.06. The highest BCUT2D eigenvalue weighted by Crippen LogP contribution is 2.35. The molecule has 3 heterocycles. The molecular formula is C15H19N3O2S. The number of anilines is 1. The minimum atomic E-state index is -0.117. The van der Waals surface area contributed by atoms with Crippen molar-refractivity contribution >= 4 is 33.0 Å². The Labute approximate surface area is 127 Å². The third-order valence-corrected chi connectivity index (χ3v) is 5.07. The lowest BCUT2D eigenvalue weighted by molar-refractivity contribution is 0.0870. The van der Waals surface area contributed by atoms with E-state index < -0.39 is 0 Å². The van der Waals surface area contributed by atoms with E-state index in [1.54, 1.807) is 0 Å². The number of hydrogen-bond acceptors (Lipinski definition) is 5. The smallest absolute Gasteiger partial charge is 0.263 e. The van der Waals surface area contributed by atoms with Crippen LogP contribution in [0.4, 0.5) is 5.69 Å². The molecule has 1 aliphatic heterocycles. The normalized spacial score (nSPS) is 21.9. The van der Waals surface area contributed by atoms with Gasteiger partial charge in [0.2, 0.25) is 0 Å².